The van der Waals surface area contributed by atoms with E-state index in [0.717, 1.165) is 18.4 Å². The standard InChI is InChI=1S/C28H24ClFN6O4/c29-21-7-4-20(25(15-21)36(39)40)14-26(37)32-23-8-5-18(6-9-23)19-10-12-34(13-11-19)28(38)27-31-17-35(33-27)24-3-1-2-22(30)16-24/h1-9,15-17,19H,10-14H2,(H,32,37). The number of hydrogen-bond acceptors (Lipinski definition) is 6. The topological polar surface area (TPSA) is 123 Å². The number of piperidine rings is 1. The quantitative estimate of drug-likeness (QED) is 0.245. The molecule has 0 bridgehead atoms. The predicted octanol–water partition coefficient (Wildman–Crippen LogP) is 5.17. The number of halogens is 2. The lowest BCUT2D eigenvalue weighted by molar-refractivity contribution is -0.385. The van der Waals surface area contributed by atoms with Crippen molar-refractivity contribution in [1.29, 1.82) is 0 Å². The van der Waals surface area contributed by atoms with Gasteiger partial charge in [0.2, 0.25) is 11.7 Å². The van der Waals surface area contributed by atoms with E-state index in [1.54, 1.807) is 29.2 Å². The molecule has 2 amide bonds. The Balaban J connectivity index is 1.15. The summed E-state index contributed by atoms with van der Waals surface area (Å²) >= 11 is 5.84. The van der Waals surface area contributed by atoms with E-state index in [-0.39, 0.29) is 46.3 Å². The Morgan fingerprint density at radius 3 is 2.52 bits per heavy atom. The summed E-state index contributed by atoms with van der Waals surface area (Å²) in [6.07, 6.45) is 2.74. The number of nitrogens with zero attached hydrogens (tertiary/aromatic N) is 5. The van der Waals surface area contributed by atoms with Gasteiger partial charge in [-0.3, -0.25) is 19.7 Å². The van der Waals surface area contributed by atoms with Gasteiger partial charge in [0.15, 0.2) is 0 Å². The predicted molar refractivity (Wildman–Crippen MR) is 146 cm³/mol. The summed E-state index contributed by atoms with van der Waals surface area (Å²) in [6, 6.07) is 17.6. The SMILES string of the molecule is O=C(Cc1ccc(Cl)cc1[N+](=O)[O-])Nc1ccc(C2CCN(C(=O)c3ncn(-c4cccc(F)c4)n3)CC2)cc1. The molecule has 10 nitrogen and oxygen atoms in total. The van der Waals surface area contributed by atoms with Crippen LogP contribution >= 0.6 is 11.6 Å². The maximum absolute atomic E-state index is 13.5. The Morgan fingerprint density at radius 2 is 1.82 bits per heavy atom. The molecule has 1 aromatic heterocycles. The highest BCUT2D eigenvalue weighted by atomic mass is 35.5. The lowest BCUT2D eigenvalue weighted by Crippen LogP contribution is -2.38. The first-order chi connectivity index (χ1) is 19.3. The first-order valence-corrected chi connectivity index (χ1v) is 12.9. The normalized spacial score (nSPS) is 13.7. The fourth-order valence-corrected chi connectivity index (χ4v) is 4.90. The first kappa shape index (κ1) is 26.9. The van der Waals surface area contributed by atoms with Gasteiger partial charge >= 0.3 is 0 Å². The maximum Gasteiger partial charge on any atom is 0.293 e. The highest BCUT2D eigenvalue weighted by molar-refractivity contribution is 6.30. The summed E-state index contributed by atoms with van der Waals surface area (Å²) in [5.41, 5.74) is 2.24. The largest absolute Gasteiger partial charge is 0.336 e. The van der Waals surface area contributed by atoms with Crippen LogP contribution in [0.3, 0.4) is 0 Å². The van der Waals surface area contributed by atoms with Gasteiger partial charge in [0.1, 0.15) is 12.1 Å². The summed E-state index contributed by atoms with van der Waals surface area (Å²) in [7, 11) is 0. The van der Waals surface area contributed by atoms with E-state index in [1.807, 2.05) is 12.1 Å². The van der Waals surface area contributed by atoms with Crippen molar-refractivity contribution >= 4 is 34.8 Å². The van der Waals surface area contributed by atoms with Crippen molar-refractivity contribution in [3.8, 4) is 5.69 Å². The van der Waals surface area contributed by atoms with Crippen molar-refractivity contribution in [3.63, 3.8) is 0 Å². The molecular weight excluding hydrogens is 539 g/mol. The van der Waals surface area contributed by atoms with Crippen molar-refractivity contribution < 1.29 is 18.9 Å². The third-order valence-electron chi connectivity index (χ3n) is 6.80. The number of likely N-dealkylation sites (tertiary alicyclic amines) is 1. The molecule has 0 unspecified atom stereocenters. The summed E-state index contributed by atoms with van der Waals surface area (Å²) < 4.78 is 14.9. The molecule has 1 aliphatic heterocycles. The Kier molecular flexibility index (Phi) is 7.83. The summed E-state index contributed by atoms with van der Waals surface area (Å²) in [4.78, 5) is 42.0. The number of amides is 2. The molecule has 2 heterocycles. The number of nitrogens with one attached hydrogen (secondary N) is 1. The number of nitro benzene ring substituents is 1. The van der Waals surface area contributed by atoms with Gasteiger partial charge in [0.05, 0.1) is 17.0 Å². The van der Waals surface area contributed by atoms with Crippen LogP contribution in [0, 0.1) is 15.9 Å². The molecule has 1 fully saturated rings. The van der Waals surface area contributed by atoms with Crippen LogP contribution in [0.1, 0.15) is 40.5 Å². The van der Waals surface area contributed by atoms with Crippen LogP contribution in [0.2, 0.25) is 5.02 Å². The van der Waals surface area contributed by atoms with Gasteiger partial charge < -0.3 is 10.2 Å². The van der Waals surface area contributed by atoms with Gasteiger partial charge in [-0.15, -0.1) is 5.10 Å². The highest BCUT2D eigenvalue weighted by Gasteiger charge is 2.27. The van der Waals surface area contributed by atoms with Crippen molar-refractivity contribution in [2.75, 3.05) is 18.4 Å². The van der Waals surface area contributed by atoms with E-state index in [9.17, 15) is 24.1 Å². The van der Waals surface area contributed by atoms with Gasteiger partial charge in [-0.05, 0) is 60.7 Å². The third-order valence-corrected chi connectivity index (χ3v) is 7.03. The van der Waals surface area contributed by atoms with Crippen LogP contribution in [0.15, 0.2) is 73.1 Å². The van der Waals surface area contributed by atoms with Crippen LogP contribution in [-0.4, -0.2) is 49.5 Å². The third kappa shape index (κ3) is 6.15. The lowest BCUT2D eigenvalue weighted by Gasteiger charge is -2.31. The minimum absolute atomic E-state index is 0.0618. The molecule has 4 aromatic rings. The molecule has 0 atom stereocenters. The molecule has 1 aliphatic rings. The van der Waals surface area contributed by atoms with Crippen molar-refractivity contribution in [2.45, 2.75) is 25.2 Å². The van der Waals surface area contributed by atoms with E-state index in [2.05, 4.69) is 15.4 Å². The van der Waals surface area contributed by atoms with Crippen LogP contribution in [0.5, 0.6) is 0 Å². The Labute approximate surface area is 233 Å². The number of rotatable bonds is 7. The highest BCUT2D eigenvalue weighted by Crippen LogP contribution is 2.30. The van der Waals surface area contributed by atoms with E-state index in [0.29, 0.717) is 24.5 Å². The second kappa shape index (κ2) is 11.6. The zero-order valence-electron chi connectivity index (χ0n) is 21.2. The molecule has 0 spiro atoms. The fourth-order valence-electron chi connectivity index (χ4n) is 4.73. The van der Waals surface area contributed by atoms with Crippen LogP contribution in [-0.2, 0) is 11.2 Å². The smallest absolute Gasteiger partial charge is 0.293 e. The average Bonchev–Trinajstić information content (AvgIpc) is 3.45. The zero-order valence-corrected chi connectivity index (χ0v) is 21.9. The van der Waals surface area contributed by atoms with Gasteiger partial charge in [-0.2, -0.15) is 0 Å². The number of carbonyl (C=O) groups excluding carboxylic acids is 2. The number of anilines is 1. The molecular formula is C28H24ClFN6O4. The fraction of sp³-hybridized carbons (Fsp3) is 0.214. The summed E-state index contributed by atoms with van der Waals surface area (Å²) in [5, 5.41) is 18.5. The lowest BCUT2D eigenvalue weighted by atomic mass is 9.89. The molecule has 1 N–H and O–H groups in total. The molecule has 40 heavy (non-hydrogen) atoms. The average molecular weight is 563 g/mol. The van der Waals surface area contributed by atoms with Crippen molar-refractivity contribution in [3.05, 3.63) is 111 Å². The Morgan fingerprint density at radius 1 is 1.07 bits per heavy atom. The molecule has 3 aromatic carbocycles. The number of hydrogen-bond donors (Lipinski definition) is 1. The van der Waals surface area contributed by atoms with Gasteiger partial charge in [0, 0.05) is 35.4 Å². The number of nitro groups is 1. The van der Waals surface area contributed by atoms with Crippen molar-refractivity contribution in [1.82, 2.24) is 19.7 Å². The monoisotopic (exact) mass is 562 g/mol. The minimum Gasteiger partial charge on any atom is -0.336 e. The van der Waals surface area contributed by atoms with E-state index in [1.165, 1.54) is 41.3 Å². The molecule has 0 saturated carbocycles. The molecule has 5 rings (SSSR count). The number of carbonyl (C=O) groups is 2. The van der Waals surface area contributed by atoms with Gasteiger partial charge in [-0.1, -0.05) is 35.9 Å². The molecule has 204 valence electrons. The molecule has 0 aliphatic carbocycles. The zero-order chi connectivity index (χ0) is 28.2. The second-order valence-corrected chi connectivity index (χ2v) is 9.87. The maximum atomic E-state index is 13.5. The van der Waals surface area contributed by atoms with Crippen LogP contribution in [0.4, 0.5) is 15.8 Å². The van der Waals surface area contributed by atoms with E-state index in [4.69, 9.17) is 11.6 Å². The minimum atomic E-state index is -0.557. The second-order valence-electron chi connectivity index (χ2n) is 9.44. The molecule has 1 saturated heterocycles. The molecule has 12 heteroatoms. The van der Waals surface area contributed by atoms with E-state index >= 15 is 0 Å². The van der Waals surface area contributed by atoms with Crippen LogP contribution in [0.25, 0.3) is 5.69 Å². The number of aromatic nitrogens is 3. The Hall–Kier alpha value is -4.64. The Bertz CT molecular complexity index is 1570. The van der Waals surface area contributed by atoms with Crippen molar-refractivity contribution in [2.24, 2.45) is 0 Å². The molecule has 0 radical (unpaired) electrons. The summed E-state index contributed by atoms with van der Waals surface area (Å²) in [5.74, 6) is -0.747. The van der Waals surface area contributed by atoms with Crippen LogP contribution < -0.4 is 5.32 Å². The van der Waals surface area contributed by atoms with Gasteiger partial charge in [-0.25, -0.2) is 14.1 Å². The van der Waals surface area contributed by atoms with Gasteiger partial charge in [0.25, 0.3) is 11.6 Å². The van der Waals surface area contributed by atoms with E-state index < -0.39 is 10.7 Å². The summed E-state index contributed by atoms with van der Waals surface area (Å²) in [6.45, 7) is 1.08. The number of benzene rings is 3. The first-order valence-electron chi connectivity index (χ1n) is 12.6.